The molecule has 102 valence electrons. The molecule has 2 unspecified atom stereocenters. The molecule has 1 aliphatic heterocycles. The van der Waals surface area contributed by atoms with Gasteiger partial charge in [0.05, 0.1) is 12.7 Å². The lowest BCUT2D eigenvalue weighted by molar-refractivity contribution is 0.0545. The first-order chi connectivity index (χ1) is 8.10. The largest absolute Gasteiger partial charge is 0.383 e. The van der Waals surface area contributed by atoms with Crippen LogP contribution in [0.3, 0.4) is 0 Å². The molecule has 0 radical (unpaired) electrons. The molecule has 1 fully saturated rings. The van der Waals surface area contributed by atoms with Crippen molar-refractivity contribution in [3.05, 3.63) is 0 Å². The predicted octanol–water partition coefficient (Wildman–Crippen LogP) is 2.45. The summed E-state index contributed by atoms with van der Waals surface area (Å²) in [5.74, 6) is 0.777. The zero-order chi connectivity index (χ0) is 12.7. The van der Waals surface area contributed by atoms with Crippen molar-refractivity contribution in [2.75, 3.05) is 33.4 Å². The van der Waals surface area contributed by atoms with E-state index in [-0.39, 0.29) is 0 Å². The van der Waals surface area contributed by atoms with E-state index < -0.39 is 0 Å². The molecule has 0 spiro atoms. The zero-order valence-corrected chi connectivity index (χ0v) is 11.9. The monoisotopic (exact) mass is 243 g/mol. The molecule has 1 N–H and O–H groups in total. The van der Waals surface area contributed by atoms with Gasteiger partial charge in [-0.05, 0) is 25.7 Å². The van der Waals surface area contributed by atoms with E-state index in [9.17, 15) is 0 Å². The third kappa shape index (κ3) is 4.57. The second-order valence-corrected chi connectivity index (χ2v) is 5.73. The minimum atomic E-state index is 0.345. The van der Waals surface area contributed by atoms with E-state index in [1.165, 1.54) is 19.3 Å². The third-order valence-electron chi connectivity index (χ3n) is 4.01. The third-order valence-corrected chi connectivity index (χ3v) is 4.01. The van der Waals surface area contributed by atoms with E-state index in [0.29, 0.717) is 11.5 Å². The van der Waals surface area contributed by atoms with Crippen LogP contribution in [0.15, 0.2) is 0 Å². The van der Waals surface area contributed by atoms with Crippen molar-refractivity contribution in [2.24, 2.45) is 11.3 Å². The Hall–Kier alpha value is -0.120. The van der Waals surface area contributed by atoms with Gasteiger partial charge in [0.15, 0.2) is 0 Å². The van der Waals surface area contributed by atoms with Gasteiger partial charge in [-0.3, -0.25) is 0 Å². The molecule has 0 aliphatic carbocycles. The number of rotatable bonds is 8. The first-order valence-corrected chi connectivity index (χ1v) is 6.92. The van der Waals surface area contributed by atoms with Crippen LogP contribution < -0.4 is 5.32 Å². The SMILES string of the molecule is COCCNCC1(CCC(C)C)CCOC1C. The lowest BCUT2D eigenvalue weighted by atomic mass is 9.76. The summed E-state index contributed by atoms with van der Waals surface area (Å²) in [4.78, 5) is 0. The van der Waals surface area contributed by atoms with Crippen LogP contribution in [0, 0.1) is 11.3 Å². The maximum atomic E-state index is 5.79. The highest BCUT2D eigenvalue weighted by atomic mass is 16.5. The highest BCUT2D eigenvalue weighted by Crippen LogP contribution is 2.39. The van der Waals surface area contributed by atoms with E-state index in [0.717, 1.165) is 32.2 Å². The van der Waals surface area contributed by atoms with Crippen molar-refractivity contribution in [2.45, 2.75) is 46.1 Å². The Balaban J connectivity index is 2.41. The van der Waals surface area contributed by atoms with Gasteiger partial charge in [0.1, 0.15) is 0 Å². The number of hydrogen-bond donors (Lipinski definition) is 1. The highest BCUT2D eigenvalue weighted by molar-refractivity contribution is 4.91. The van der Waals surface area contributed by atoms with Gasteiger partial charge < -0.3 is 14.8 Å². The number of nitrogens with one attached hydrogen (secondary N) is 1. The van der Waals surface area contributed by atoms with Crippen LogP contribution in [-0.2, 0) is 9.47 Å². The van der Waals surface area contributed by atoms with Gasteiger partial charge in [-0.15, -0.1) is 0 Å². The topological polar surface area (TPSA) is 30.5 Å². The van der Waals surface area contributed by atoms with Crippen LogP contribution in [0.1, 0.15) is 40.0 Å². The van der Waals surface area contributed by atoms with Crippen LogP contribution in [-0.4, -0.2) is 39.5 Å². The molecule has 0 saturated carbocycles. The molecule has 1 aliphatic rings. The Kier molecular flexibility index (Phi) is 6.45. The van der Waals surface area contributed by atoms with E-state index >= 15 is 0 Å². The molecule has 0 aromatic carbocycles. The van der Waals surface area contributed by atoms with Crippen LogP contribution in [0.25, 0.3) is 0 Å². The predicted molar refractivity (Wildman–Crippen MR) is 71.3 cm³/mol. The second-order valence-electron chi connectivity index (χ2n) is 5.73. The summed E-state index contributed by atoms with van der Waals surface area (Å²) in [6.07, 6.45) is 4.14. The Morgan fingerprint density at radius 1 is 1.47 bits per heavy atom. The molecule has 17 heavy (non-hydrogen) atoms. The van der Waals surface area contributed by atoms with Crippen molar-refractivity contribution in [1.29, 1.82) is 0 Å². The van der Waals surface area contributed by atoms with E-state index in [1.54, 1.807) is 7.11 Å². The van der Waals surface area contributed by atoms with Crippen LogP contribution in [0.2, 0.25) is 0 Å². The quantitative estimate of drug-likeness (QED) is 0.664. The van der Waals surface area contributed by atoms with Crippen molar-refractivity contribution in [1.82, 2.24) is 5.32 Å². The van der Waals surface area contributed by atoms with Gasteiger partial charge in [0.2, 0.25) is 0 Å². The first kappa shape index (κ1) is 14.9. The van der Waals surface area contributed by atoms with Gasteiger partial charge in [-0.1, -0.05) is 20.3 Å². The molecule has 2 atom stereocenters. The maximum Gasteiger partial charge on any atom is 0.0616 e. The fourth-order valence-corrected chi connectivity index (χ4v) is 2.56. The molecule has 0 bridgehead atoms. The second kappa shape index (κ2) is 7.34. The molecular formula is C14H29NO2. The van der Waals surface area contributed by atoms with Crippen LogP contribution in [0.5, 0.6) is 0 Å². The maximum absolute atomic E-state index is 5.79. The number of hydrogen-bond acceptors (Lipinski definition) is 3. The Morgan fingerprint density at radius 3 is 2.76 bits per heavy atom. The van der Waals surface area contributed by atoms with E-state index in [2.05, 4.69) is 26.1 Å². The molecule has 1 rings (SSSR count). The Labute approximate surface area is 106 Å². The van der Waals surface area contributed by atoms with Crippen LogP contribution >= 0.6 is 0 Å². The zero-order valence-electron chi connectivity index (χ0n) is 11.9. The van der Waals surface area contributed by atoms with Gasteiger partial charge in [-0.25, -0.2) is 0 Å². The molecule has 1 heterocycles. The standard InChI is InChI=1S/C14H29NO2/c1-12(2)5-6-14(7-9-17-13(14)3)11-15-8-10-16-4/h12-13,15H,5-11H2,1-4H3. The minimum absolute atomic E-state index is 0.345. The summed E-state index contributed by atoms with van der Waals surface area (Å²) in [5, 5.41) is 3.52. The van der Waals surface area contributed by atoms with Gasteiger partial charge in [0, 0.05) is 32.2 Å². The fraction of sp³-hybridized carbons (Fsp3) is 1.00. The van der Waals surface area contributed by atoms with Crippen molar-refractivity contribution in [3.63, 3.8) is 0 Å². The van der Waals surface area contributed by atoms with Crippen molar-refractivity contribution >= 4 is 0 Å². The first-order valence-electron chi connectivity index (χ1n) is 6.92. The van der Waals surface area contributed by atoms with Gasteiger partial charge >= 0.3 is 0 Å². The van der Waals surface area contributed by atoms with E-state index in [4.69, 9.17) is 9.47 Å². The van der Waals surface area contributed by atoms with Gasteiger partial charge in [0.25, 0.3) is 0 Å². The summed E-state index contributed by atoms with van der Waals surface area (Å²) in [7, 11) is 1.75. The fourth-order valence-electron chi connectivity index (χ4n) is 2.56. The van der Waals surface area contributed by atoms with Crippen LogP contribution in [0.4, 0.5) is 0 Å². The summed E-state index contributed by atoms with van der Waals surface area (Å²) in [6.45, 7) is 10.5. The molecule has 3 heteroatoms. The molecular weight excluding hydrogens is 214 g/mol. The summed E-state index contributed by atoms with van der Waals surface area (Å²) in [6, 6.07) is 0. The lowest BCUT2D eigenvalue weighted by Crippen LogP contribution is -2.40. The average Bonchev–Trinajstić information content (AvgIpc) is 2.65. The molecule has 3 nitrogen and oxygen atoms in total. The smallest absolute Gasteiger partial charge is 0.0616 e. The van der Waals surface area contributed by atoms with E-state index in [1.807, 2.05) is 0 Å². The lowest BCUT2D eigenvalue weighted by Gasteiger charge is -2.33. The Morgan fingerprint density at radius 2 is 2.24 bits per heavy atom. The minimum Gasteiger partial charge on any atom is -0.383 e. The number of ether oxygens (including phenoxy) is 2. The average molecular weight is 243 g/mol. The van der Waals surface area contributed by atoms with Crippen molar-refractivity contribution < 1.29 is 9.47 Å². The van der Waals surface area contributed by atoms with Crippen molar-refractivity contribution in [3.8, 4) is 0 Å². The summed E-state index contributed by atoms with van der Waals surface area (Å²) in [5.41, 5.74) is 0.345. The molecule has 0 aromatic rings. The highest BCUT2D eigenvalue weighted by Gasteiger charge is 2.40. The molecule has 1 saturated heterocycles. The Bertz CT molecular complexity index is 208. The summed E-state index contributed by atoms with van der Waals surface area (Å²) < 4.78 is 10.9. The normalized spacial score (nSPS) is 29.1. The molecule has 0 amide bonds. The summed E-state index contributed by atoms with van der Waals surface area (Å²) >= 11 is 0. The van der Waals surface area contributed by atoms with Gasteiger partial charge in [-0.2, -0.15) is 0 Å². The number of methoxy groups -OCH3 is 1. The molecule has 0 aromatic heterocycles.